The molecule has 2 aromatic heterocycles. The normalized spacial score (nSPS) is 12.0. The number of rotatable bonds is 1. The number of hydrogen-bond donors (Lipinski definition) is 0. The highest BCUT2D eigenvalue weighted by atomic mass is 35.5. The highest BCUT2D eigenvalue weighted by Gasteiger charge is 2.30. The van der Waals surface area contributed by atoms with Crippen molar-refractivity contribution in [1.29, 1.82) is 0 Å². The lowest BCUT2D eigenvalue weighted by molar-refractivity contribution is -0.137. The first kappa shape index (κ1) is 12.9. The van der Waals surface area contributed by atoms with Gasteiger partial charge < -0.3 is 0 Å². The molecular formula is C13H7ClF3N3. The number of fused-ring (bicyclic) bond motifs is 1. The van der Waals surface area contributed by atoms with E-state index in [1.54, 1.807) is 18.3 Å². The first-order valence-corrected chi connectivity index (χ1v) is 6.01. The second-order valence-electron chi connectivity index (χ2n) is 4.15. The van der Waals surface area contributed by atoms with Crippen LogP contribution in [0.5, 0.6) is 0 Å². The van der Waals surface area contributed by atoms with E-state index in [1.807, 2.05) is 0 Å². The summed E-state index contributed by atoms with van der Waals surface area (Å²) in [5.74, 6) is 0. The van der Waals surface area contributed by atoms with Crippen LogP contribution in [0.2, 0.25) is 5.28 Å². The molecule has 0 aliphatic carbocycles. The molecule has 2 heterocycles. The number of pyridine rings is 1. The Labute approximate surface area is 116 Å². The fraction of sp³-hybridized carbons (Fsp3) is 0.0769. The van der Waals surface area contributed by atoms with Gasteiger partial charge in [-0.2, -0.15) is 18.2 Å². The van der Waals surface area contributed by atoms with Gasteiger partial charge in [0.15, 0.2) is 5.65 Å². The maximum absolute atomic E-state index is 12.5. The predicted octanol–water partition coefficient (Wildman–Crippen LogP) is 4.07. The highest BCUT2D eigenvalue weighted by molar-refractivity contribution is 6.28. The molecule has 0 spiro atoms. The van der Waals surface area contributed by atoms with E-state index in [0.717, 1.165) is 12.1 Å². The van der Waals surface area contributed by atoms with Crippen molar-refractivity contribution in [3.05, 3.63) is 53.4 Å². The van der Waals surface area contributed by atoms with E-state index in [0.29, 0.717) is 16.8 Å². The van der Waals surface area contributed by atoms with E-state index >= 15 is 0 Å². The summed E-state index contributed by atoms with van der Waals surface area (Å²) < 4.78 is 39.1. The Morgan fingerprint density at radius 2 is 1.75 bits per heavy atom. The standard InChI is InChI=1S/C13H7ClF3N3/c14-12-18-11-10(2-1-7-20(11)19-12)8-3-5-9(6-4-8)13(15,16)17/h1-7H. The topological polar surface area (TPSA) is 30.2 Å². The number of aromatic nitrogens is 3. The average molecular weight is 298 g/mol. The molecule has 0 aliphatic rings. The molecular weight excluding hydrogens is 291 g/mol. The van der Waals surface area contributed by atoms with Crippen LogP contribution in [0.3, 0.4) is 0 Å². The van der Waals surface area contributed by atoms with E-state index in [1.165, 1.54) is 16.6 Å². The van der Waals surface area contributed by atoms with Gasteiger partial charge in [-0.3, -0.25) is 0 Å². The van der Waals surface area contributed by atoms with E-state index in [9.17, 15) is 13.2 Å². The summed E-state index contributed by atoms with van der Waals surface area (Å²) >= 11 is 5.74. The monoisotopic (exact) mass is 297 g/mol. The molecule has 0 amide bonds. The molecule has 102 valence electrons. The summed E-state index contributed by atoms with van der Waals surface area (Å²) in [4.78, 5) is 4.06. The van der Waals surface area contributed by atoms with Gasteiger partial charge in [-0.05, 0) is 41.4 Å². The third kappa shape index (κ3) is 2.22. The van der Waals surface area contributed by atoms with Crippen LogP contribution in [0, 0.1) is 0 Å². The maximum atomic E-state index is 12.5. The zero-order valence-corrected chi connectivity index (χ0v) is 10.7. The number of alkyl halides is 3. The second kappa shape index (κ2) is 4.49. The Morgan fingerprint density at radius 1 is 1.05 bits per heavy atom. The minimum atomic E-state index is -4.34. The van der Waals surface area contributed by atoms with E-state index < -0.39 is 11.7 Å². The highest BCUT2D eigenvalue weighted by Crippen LogP contribution is 2.31. The lowest BCUT2D eigenvalue weighted by atomic mass is 10.0. The zero-order chi connectivity index (χ0) is 14.3. The zero-order valence-electron chi connectivity index (χ0n) is 9.89. The number of hydrogen-bond acceptors (Lipinski definition) is 2. The van der Waals surface area contributed by atoms with Crippen molar-refractivity contribution in [2.24, 2.45) is 0 Å². The van der Waals surface area contributed by atoms with Gasteiger partial charge >= 0.3 is 6.18 Å². The first-order chi connectivity index (χ1) is 9.45. The lowest BCUT2D eigenvalue weighted by Crippen LogP contribution is -2.04. The van der Waals surface area contributed by atoms with Gasteiger partial charge in [0.05, 0.1) is 5.56 Å². The van der Waals surface area contributed by atoms with Gasteiger partial charge in [-0.15, -0.1) is 5.10 Å². The van der Waals surface area contributed by atoms with E-state index in [-0.39, 0.29) is 5.28 Å². The fourth-order valence-corrected chi connectivity index (χ4v) is 2.11. The van der Waals surface area contributed by atoms with Crippen LogP contribution < -0.4 is 0 Å². The van der Waals surface area contributed by atoms with Crippen molar-refractivity contribution < 1.29 is 13.2 Å². The summed E-state index contributed by atoms with van der Waals surface area (Å²) in [7, 11) is 0. The molecule has 0 aliphatic heterocycles. The Kier molecular flexibility index (Phi) is 2.90. The third-order valence-electron chi connectivity index (χ3n) is 2.86. The van der Waals surface area contributed by atoms with Gasteiger partial charge in [0.2, 0.25) is 5.28 Å². The van der Waals surface area contributed by atoms with Crippen LogP contribution in [0.25, 0.3) is 16.8 Å². The largest absolute Gasteiger partial charge is 0.416 e. The molecule has 0 saturated heterocycles. The Bertz CT molecular complexity index is 763. The number of benzene rings is 1. The van der Waals surface area contributed by atoms with Crippen molar-refractivity contribution in [3.8, 4) is 11.1 Å². The summed E-state index contributed by atoms with van der Waals surface area (Å²) in [5, 5.41) is 4.03. The van der Waals surface area contributed by atoms with Gasteiger partial charge in [0.25, 0.3) is 0 Å². The molecule has 0 fully saturated rings. The molecule has 0 atom stereocenters. The van der Waals surface area contributed by atoms with Crippen LogP contribution in [-0.4, -0.2) is 14.6 Å². The van der Waals surface area contributed by atoms with Crippen molar-refractivity contribution in [2.75, 3.05) is 0 Å². The summed E-state index contributed by atoms with van der Waals surface area (Å²) in [5.41, 5.74) is 1.10. The van der Waals surface area contributed by atoms with Crippen molar-refractivity contribution in [3.63, 3.8) is 0 Å². The van der Waals surface area contributed by atoms with Gasteiger partial charge in [0, 0.05) is 11.8 Å². The van der Waals surface area contributed by atoms with E-state index in [4.69, 9.17) is 11.6 Å². The van der Waals surface area contributed by atoms with Crippen LogP contribution in [-0.2, 0) is 6.18 Å². The quantitative estimate of drug-likeness (QED) is 0.678. The van der Waals surface area contributed by atoms with Crippen LogP contribution in [0.1, 0.15) is 5.56 Å². The molecule has 7 heteroatoms. The molecule has 0 radical (unpaired) electrons. The first-order valence-electron chi connectivity index (χ1n) is 5.64. The van der Waals surface area contributed by atoms with Crippen molar-refractivity contribution in [2.45, 2.75) is 6.18 Å². The number of nitrogens with zero attached hydrogens (tertiary/aromatic N) is 3. The SMILES string of the molecule is FC(F)(F)c1ccc(-c2cccn3nc(Cl)nc23)cc1. The molecule has 0 saturated carbocycles. The Hall–Kier alpha value is -2.08. The molecule has 1 aromatic carbocycles. The summed E-state index contributed by atoms with van der Waals surface area (Å²) in [6, 6.07) is 8.36. The van der Waals surface area contributed by atoms with Crippen molar-refractivity contribution >= 4 is 17.2 Å². The minimum absolute atomic E-state index is 0.0874. The Balaban J connectivity index is 2.11. The molecule has 3 aromatic rings. The minimum Gasteiger partial charge on any atom is -0.219 e. The smallest absolute Gasteiger partial charge is 0.219 e. The molecule has 0 bridgehead atoms. The summed E-state index contributed by atoms with van der Waals surface area (Å²) in [6.07, 6.45) is -2.68. The molecule has 20 heavy (non-hydrogen) atoms. The van der Waals surface area contributed by atoms with Gasteiger partial charge in [0.1, 0.15) is 0 Å². The molecule has 0 unspecified atom stereocenters. The van der Waals surface area contributed by atoms with Crippen LogP contribution in [0.4, 0.5) is 13.2 Å². The molecule has 3 nitrogen and oxygen atoms in total. The van der Waals surface area contributed by atoms with Crippen LogP contribution in [0.15, 0.2) is 42.6 Å². The predicted molar refractivity (Wildman–Crippen MR) is 68.4 cm³/mol. The lowest BCUT2D eigenvalue weighted by Gasteiger charge is -2.08. The fourth-order valence-electron chi connectivity index (χ4n) is 1.94. The average Bonchev–Trinajstić information content (AvgIpc) is 2.78. The van der Waals surface area contributed by atoms with Crippen molar-refractivity contribution in [1.82, 2.24) is 14.6 Å². The maximum Gasteiger partial charge on any atom is 0.416 e. The molecule has 0 N–H and O–H groups in total. The van der Waals surface area contributed by atoms with E-state index in [2.05, 4.69) is 10.1 Å². The van der Waals surface area contributed by atoms with Gasteiger partial charge in [-0.1, -0.05) is 12.1 Å². The third-order valence-corrected chi connectivity index (χ3v) is 3.02. The van der Waals surface area contributed by atoms with Crippen LogP contribution >= 0.6 is 11.6 Å². The second-order valence-corrected chi connectivity index (χ2v) is 4.48. The summed E-state index contributed by atoms with van der Waals surface area (Å²) in [6.45, 7) is 0. The van der Waals surface area contributed by atoms with Gasteiger partial charge in [-0.25, -0.2) is 4.52 Å². The molecule has 3 rings (SSSR count). The number of halogens is 4. The Morgan fingerprint density at radius 3 is 2.40 bits per heavy atom.